The number of amides is 1. The van der Waals surface area contributed by atoms with Crippen LogP contribution in [0, 0.1) is 0 Å². The van der Waals surface area contributed by atoms with Crippen LogP contribution in [0.4, 0.5) is 5.69 Å². The number of nitrogens with zero attached hydrogens (tertiary/aromatic N) is 1. The largest absolute Gasteiger partial charge is 0.478 e. The van der Waals surface area contributed by atoms with E-state index in [4.69, 9.17) is 16.7 Å². The fourth-order valence-corrected chi connectivity index (χ4v) is 1.61. The second kappa shape index (κ2) is 5.49. The molecular formula is C13H9ClN2O3. The SMILES string of the molecule is O=C(O)c1ccc(C(=O)Nc2cccc(Cl)c2)nc1. The molecule has 0 atom stereocenters. The number of halogens is 1. The molecule has 0 fully saturated rings. The van der Waals surface area contributed by atoms with Gasteiger partial charge in [0, 0.05) is 16.9 Å². The van der Waals surface area contributed by atoms with Crippen molar-refractivity contribution in [2.24, 2.45) is 0 Å². The topological polar surface area (TPSA) is 79.3 Å². The Labute approximate surface area is 113 Å². The van der Waals surface area contributed by atoms with Crippen LogP contribution < -0.4 is 5.32 Å². The van der Waals surface area contributed by atoms with Crippen molar-refractivity contribution in [2.45, 2.75) is 0 Å². The molecule has 1 heterocycles. The average molecular weight is 277 g/mol. The van der Waals surface area contributed by atoms with Crippen molar-refractivity contribution in [1.82, 2.24) is 4.98 Å². The van der Waals surface area contributed by atoms with Crippen LogP contribution in [0.5, 0.6) is 0 Å². The maximum Gasteiger partial charge on any atom is 0.337 e. The quantitative estimate of drug-likeness (QED) is 0.903. The van der Waals surface area contributed by atoms with Gasteiger partial charge in [-0.1, -0.05) is 17.7 Å². The second-order valence-electron chi connectivity index (χ2n) is 3.70. The molecule has 2 aromatic rings. The number of aromatic carboxylic acids is 1. The predicted molar refractivity (Wildman–Crippen MR) is 70.6 cm³/mol. The molecule has 0 aliphatic carbocycles. The Bertz CT molecular complexity index is 626. The Morgan fingerprint density at radius 1 is 1.21 bits per heavy atom. The van der Waals surface area contributed by atoms with E-state index in [1.807, 2.05) is 0 Å². The van der Waals surface area contributed by atoms with Crippen LogP contribution in [0.3, 0.4) is 0 Å². The Morgan fingerprint density at radius 2 is 2.00 bits per heavy atom. The van der Waals surface area contributed by atoms with Gasteiger partial charge in [-0.15, -0.1) is 0 Å². The molecule has 0 saturated heterocycles. The van der Waals surface area contributed by atoms with Crippen LogP contribution in [0.1, 0.15) is 20.8 Å². The number of rotatable bonds is 3. The molecule has 6 heteroatoms. The number of aromatic nitrogens is 1. The lowest BCUT2D eigenvalue weighted by Gasteiger charge is -2.05. The van der Waals surface area contributed by atoms with E-state index in [1.54, 1.807) is 24.3 Å². The zero-order valence-electron chi connectivity index (χ0n) is 9.63. The smallest absolute Gasteiger partial charge is 0.337 e. The normalized spacial score (nSPS) is 9.95. The third kappa shape index (κ3) is 3.29. The lowest BCUT2D eigenvalue weighted by atomic mass is 10.2. The van der Waals surface area contributed by atoms with Crippen LogP contribution in [0.25, 0.3) is 0 Å². The molecule has 0 aliphatic rings. The highest BCUT2D eigenvalue weighted by molar-refractivity contribution is 6.30. The van der Waals surface area contributed by atoms with Gasteiger partial charge in [-0.2, -0.15) is 0 Å². The number of pyridine rings is 1. The molecule has 19 heavy (non-hydrogen) atoms. The van der Waals surface area contributed by atoms with Crippen LogP contribution >= 0.6 is 11.6 Å². The third-order valence-electron chi connectivity index (χ3n) is 2.33. The van der Waals surface area contributed by atoms with E-state index in [-0.39, 0.29) is 11.3 Å². The van der Waals surface area contributed by atoms with Crippen molar-refractivity contribution >= 4 is 29.2 Å². The van der Waals surface area contributed by atoms with Crippen molar-refractivity contribution in [2.75, 3.05) is 5.32 Å². The van der Waals surface area contributed by atoms with Gasteiger partial charge in [0.15, 0.2) is 0 Å². The van der Waals surface area contributed by atoms with E-state index >= 15 is 0 Å². The van der Waals surface area contributed by atoms with Crippen LogP contribution in [0.15, 0.2) is 42.6 Å². The van der Waals surface area contributed by atoms with Crippen LogP contribution in [-0.2, 0) is 0 Å². The first-order chi connectivity index (χ1) is 9.06. The van der Waals surface area contributed by atoms with E-state index in [0.29, 0.717) is 10.7 Å². The molecule has 1 aromatic heterocycles. The molecule has 0 unspecified atom stereocenters. The zero-order valence-corrected chi connectivity index (χ0v) is 10.4. The fourth-order valence-electron chi connectivity index (χ4n) is 1.42. The number of anilines is 1. The summed E-state index contributed by atoms with van der Waals surface area (Å²) in [6.45, 7) is 0. The molecular weight excluding hydrogens is 268 g/mol. The first-order valence-electron chi connectivity index (χ1n) is 5.32. The minimum Gasteiger partial charge on any atom is -0.478 e. The van der Waals surface area contributed by atoms with Crippen molar-refractivity contribution in [1.29, 1.82) is 0 Å². The maximum absolute atomic E-state index is 11.8. The summed E-state index contributed by atoms with van der Waals surface area (Å²) in [5.74, 6) is -1.52. The molecule has 0 bridgehead atoms. The summed E-state index contributed by atoms with van der Waals surface area (Å²) in [5.41, 5.74) is 0.700. The molecule has 0 aliphatic heterocycles. The molecule has 0 saturated carbocycles. The van der Waals surface area contributed by atoms with Crippen LogP contribution in [-0.4, -0.2) is 22.0 Å². The van der Waals surface area contributed by atoms with Gasteiger partial charge in [-0.25, -0.2) is 4.79 Å². The Balaban J connectivity index is 2.14. The number of nitrogens with one attached hydrogen (secondary N) is 1. The monoisotopic (exact) mass is 276 g/mol. The molecule has 96 valence electrons. The first kappa shape index (κ1) is 13.0. The first-order valence-corrected chi connectivity index (χ1v) is 5.70. The van der Waals surface area contributed by atoms with Gasteiger partial charge < -0.3 is 10.4 Å². The van der Waals surface area contributed by atoms with Gasteiger partial charge >= 0.3 is 5.97 Å². The van der Waals surface area contributed by atoms with E-state index in [2.05, 4.69) is 10.3 Å². The summed E-state index contributed by atoms with van der Waals surface area (Å²) >= 11 is 5.80. The maximum atomic E-state index is 11.8. The third-order valence-corrected chi connectivity index (χ3v) is 2.56. The van der Waals surface area contributed by atoms with Gasteiger partial charge in [-0.05, 0) is 30.3 Å². The van der Waals surface area contributed by atoms with E-state index in [0.717, 1.165) is 6.20 Å². The Kier molecular flexibility index (Phi) is 3.77. The molecule has 5 nitrogen and oxygen atoms in total. The molecule has 2 N–H and O–H groups in total. The zero-order chi connectivity index (χ0) is 13.8. The molecule has 0 spiro atoms. The van der Waals surface area contributed by atoms with Crippen molar-refractivity contribution in [3.8, 4) is 0 Å². The molecule has 0 radical (unpaired) electrons. The lowest BCUT2D eigenvalue weighted by molar-refractivity contribution is 0.0696. The predicted octanol–water partition coefficient (Wildman–Crippen LogP) is 2.69. The summed E-state index contributed by atoms with van der Waals surface area (Å²) in [6.07, 6.45) is 1.13. The summed E-state index contributed by atoms with van der Waals surface area (Å²) in [5, 5.41) is 11.8. The lowest BCUT2D eigenvalue weighted by Crippen LogP contribution is -2.14. The number of hydrogen-bond donors (Lipinski definition) is 2. The highest BCUT2D eigenvalue weighted by Crippen LogP contribution is 2.15. The summed E-state index contributed by atoms with van der Waals surface area (Å²) in [7, 11) is 0. The van der Waals surface area contributed by atoms with Gasteiger partial charge in [0.1, 0.15) is 5.69 Å². The van der Waals surface area contributed by atoms with Crippen LogP contribution in [0.2, 0.25) is 5.02 Å². The number of carbonyl (C=O) groups excluding carboxylic acids is 1. The second-order valence-corrected chi connectivity index (χ2v) is 4.14. The van der Waals surface area contributed by atoms with Gasteiger partial charge in [0.25, 0.3) is 5.91 Å². The van der Waals surface area contributed by atoms with Crippen molar-refractivity contribution < 1.29 is 14.7 Å². The van der Waals surface area contributed by atoms with Gasteiger partial charge in [0.05, 0.1) is 5.56 Å². The highest BCUT2D eigenvalue weighted by Gasteiger charge is 2.09. The number of carboxylic acid groups (broad SMARTS) is 1. The van der Waals surface area contributed by atoms with E-state index in [9.17, 15) is 9.59 Å². The minimum atomic E-state index is -1.09. The minimum absolute atomic E-state index is 0.0271. The molecule has 2 rings (SSSR count). The standard InChI is InChI=1S/C13H9ClN2O3/c14-9-2-1-3-10(6-9)16-12(17)11-5-4-8(7-15-11)13(18)19/h1-7H,(H,16,17)(H,18,19). The number of carbonyl (C=O) groups is 2. The Hall–Kier alpha value is -2.40. The summed E-state index contributed by atoms with van der Waals surface area (Å²) in [6, 6.07) is 9.36. The summed E-state index contributed by atoms with van der Waals surface area (Å²) in [4.78, 5) is 26.3. The van der Waals surface area contributed by atoms with Gasteiger partial charge in [0.2, 0.25) is 0 Å². The van der Waals surface area contributed by atoms with Crippen molar-refractivity contribution in [3.63, 3.8) is 0 Å². The number of carboxylic acids is 1. The van der Waals surface area contributed by atoms with E-state index in [1.165, 1.54) is 12.1 Å². The van der Waals surface area contributed by atoms with Gasteiger partial charge in [-0.3, -0.25) is 9.78 Å². The Morgan fingerprint density at radius 3 is 2.58 bits per heavy atom. The number of benzene rings is 1. The molecule has 1 amide bonds. The average Bonchev–Trinajstić information content (AvgIpc) is 2.39. The van der Waals surface area contributed by atoms with Crippen molar-refractivity contribution in [3.05, 3.63) is 58.9 Å². The molecule has 1 aromatic carbocycles. The highest BCUT2D eigenvalue weighted by atomic mass is 35.5. The number of hydrogen-bond acceptors (Lipinski definition) is 3. The summed E-state index contributed by atoms with van der Waals surface area (Å²) < 4.78 is 0. The van der Waals surface area contributed by atoms with E-state index < -0.39 is 11.9 Å². The fraction of sp³-hybridized carbons (Fsp3) is 0.